The first-order valence-electron chi connectivity index (χ1n) is 5.21. The van der Waals surface area contributed by atoms with Crippen LogP contribution in [0.1, 0.15) is 22.8 Å². The minimum absolute atomic E-state index is 0.0136. The van der Waals surface area contributed by atoms with Gasteiger partial charge in [-0.25, -0.2) is 0 Å². The van der Waals surface area contributed by atoms with Crippen LogP contribution in [0.2, 0.25) is 0 Å². The molecule has 0 amide bonds. The monoisotopic (exact) mass is 310 g/mol. The smallest absolute Gasteiger partial charge is 0.195 e. The fourth-order valence-corrected chi connectivity index (χ4v) is 2.95. The van der Waals surface area contributed by atoms with Gasteiger partial charge in [-0.3, -0.25) is 4.79 Å². The third-order valence-corrected chi connectivity index (χ3v) is 3.97. The summed E-state index contributed by atoms with van der Waals surface area (Å²) in [6.45, 7) is 2.52. The molecule has 0 bridgehead atoms. The Morgan fingerprint density at radius 2 is 2.24 bits per heavy atom. The van der Waals surface area contributed by atoms with Gasteiger partial charge in [0.25, 0.3) is 0 Å². The van der Waals surface area contributed by atoms with Crippen molar-refractivity contribution in [2.75, 3.05) is 6.61 Å². The summed E-state index contributed by atoms with van der Waals surface area (Å²) in [5.41, 5.74) is 1.35. The number of hydrogen-bond donors (Lipinski definition) is 0. The van der Waals surface area contributed by atoms with Gasteiger partial charge in [0.05, 0.1) is 6.61 Å². The van der Waals surface area contributed by atoms with E-state index in [1.807, 2.05) is 29.8 Å². The van der Waals surface area contributed by atoms with Crippen LogP contribution in [-0.2, 0) is 0 Å². The first-order chi connectivity index (χ1) is 8.22. The Labute approximate surface area is 112 Å². The normalized spacial score (nSPS) is 10.2. The molecule has 1 aromatic carbocycles. The minimum Gasteiger partial charge on any atom is -0.494 e. The van der Waals surface area contributed by atoms with Crippen LogP contribution >= 0.6 is 27.3 Å². The molecule has 0 saturated carbocycles. The van der Waals surface area contributed by atoms with Crippen LogP contribution in [0.25, 0.3) is 0 Å². The molecule has 0 saturated heterocycles. The van der Waals surface area contributed by atoms with Gasteiger partial charge in [0, 0.05) is 26.4 Å². The summed E-state index contributed by atoms with van der Waals surface area (Å²) < 4.78 is 6.22. The molecule has 1 aromatic heterocycles. The molecule has 17 heavy (non-hydrogen) atoms. The Bertz CT molecular complexity index is 534. The molecule has 2 nitrogen and oxygen atoms in total. The second-order valence-electron chi connectivity index (χ2n) is 3.42. The predicted molar refractivity (Wildman–Crippen MR) is 73.1 cm³/mol. The largest absolute Gasteiger partial charge is 0.494 e. The van der Waals surface area contributed by atoms with Crippen LogP contribution in [0, 0.1) is 0 Å². The van der Waals surface area contributed by atoms with Gasteiger partial charge in [0.2, 0.25) is 0 Å². The van der Waals surface area contributed by atoms with E-state index >= 15 is 0 Å². The van der Waals surface area contributed by atoms with E-state index in [0.717, 1.165) is 10.2 Å². The van der Waals surface area contributed by atoms with Crippen molar-refractivity contribution >= 4 is 33.0 Å². The second-order valence-corrected chi connectivity index (χ2v) is 5.02. The summed E-state index contributed by atoms with van der Waals surface area (Å²) >= 11 is 4.88. The van der Waals surface area contributed by atoms with Crippen LogP contribution in [0.5, 0.6) is 5.75 Å². The van der Waals surface area contributed by atoms with Crippen molar-refractivity contribution in [3.05, 3.63) is 50.6 Å². The van der Waals surface area contributed by atoms with Crippen LogP contribution in [-0.4, -0.2) is 12.4 Å². The number of benzene rings is 1. The number of ketones is 1. The Balaban J connectivity index is 2.31. The van der Waals surface area contributed by atoms with Gasteiger partial charge in [0.15, 0.2) is 5.78 Å². The Morgan fingerprint density at radius 3 is 2.88 bits per heavy atom. The van der Waals surface area contributed by atoms with E-state index in [1.165, 1.54) is 11.3 Å². The Hall–Kier alpha value is -1.13. The summed E-state index contributed by atoms with van der Waals surface area (Å²) in [4.78, 5) is 12.2. The minimum atomic E-state index is 0.0136. The molecule has 1 heterocycles. The number of carbonyl (C=O) groups excluding carboxylic acids is 1. The highest BCUT2D eigenvalue weighted by Crippen LogP contribution is 2.25. The molecule has 0 unspecified atom stereocenters. The highest BCUT2D eigenvalue weighted by Gasteiger charge is 2.13. The highest BCUT2D eigenvalue weighted by atomic mass is 79.9. The molecule has 2 rings (SSSR count). The van der Waals surface area contributed by atoms with Crippen molar-refractivity contribution in [2.24, 2.45) is 0 Å². The van der Waals surface area contributed by atoms with Gasteiger partial charge in [-0.15, -0.1) is 0 Å². The predicted octanol–water partition coefficient (Wildman–Crippen LogP) is 4.14. The zero-order valence-corrected chi connectivity index (χ0v) is 11.7. The zero-order valence-electron chi connectivity index (χ0n) is 9.27. The molecule has 0 fully saturated rings. The maximum absolute atomic E-state index is 12.2. The first-order valence-corrected chi connectivity index (χ1v) is 6.95. The summed E-state index contributed by atoms with van der Waals surface area (Å²) in [7, 11) is 0. The topological polar surface area (TPSA) is 26.3 Å². The van der Waals surface area contributed by atoms with E-state index in [4.69, 9.17) is 4.74 Å². The molecule has 0 aliphatic rings. The lowest BCUT2D eigenvalue weighted by Crippen LogP contribution is -2.01. The molecule has 2 aromatic rings. The van der Waals surface area contributed by atoms with Gasteiger partial charge in [0.1, 0.15) is 5.75 Å². The third-order valence-electron chi connectivity index (χ3n) is 2.27. The molecule has 0 aliphatic carbocycles. The van der Waals surface area contributed by atoms with Gasteiger partial charge in [-0.05, 0) is 35.0 Å². The van der Waals surface area contributed by atoms with E-state index in [2.05, 4.69) is 15.9 Å². The van der Waals surface area contributed by atoms with E-state index in [9.17, 15) is 4.79 Å². The molecule has 0 atom stereocenters. The quantitative estimate of drug-likeness (QED) is 0.793. The summed E-state index contributed by atoms with van der Waals surface area (Å²) in [5, 5.41) is 3.75. The van der Waals surface area contributed by atoms with Crippen LogP contribution in [0.4, 0.5) is 0 Å². The lowest BCUT2D eigenvalue weighted by molar-refractivity contribution is 0.103. The number of thiophene rings is 1. The van der Waals surface area contributed by atoms with Crippen LogP contribution in [0.3, 0.4) is 0 Å². The maximum atomic E-state index is 12.2. The molecule has 4 heteroatoms. The number of halogens is 1. The van der Waals surface area contributed by atoms with E-state index in [-0.39, 0.29) is 5.78 Å². The standard InChI is InChI=1S/C13H11BrO2S/c1-2-16-10-5-3-4-9(6-10)13(15)11-7-17-8-12(11)14/h3-8H,2H2,1H3. The van der Waals surface area contributed by atoms with Crippen LogP contribution < -0.4 is 4.74 Å². The van der Waals surface area contributed by atoms with Gasteiger partial charge >= 0.3 is 0 Å². The summed E-state index contributed by atoms with van der Waals surface area (Å²) in [6.07, 6.45) is 0. The van der Waals surface area contributed by atoms with Crippen molar-refractivity contribution in [2.45, 2.75) is 6.92 Å². The Morgan fingerprint density at radius 1 is 1.41 bits per heavy atom. The van der Waals surface area contributed by atoms with Crippen LogP contribution in [0.15, 0.2) is 39.5 Å². The van der Waals surface area contributed by atoms with Gasteiger partial charge in [-0.2, -0.15) is 11.3 Å². The molecule has 88 valence electrons. The second kappa shape index (κ2) is 5.47. The van der Waals surface area contributed by atoms with Crippen molar-refractivity contribution in [1.82, 2.24) is 0 Å². The van der Waals surface area contributed by atoms with E-state index in [0.29, 0.717) is 17.7 Å². The fourth-order valence-electron chi connectivity index (χ4n) is 1.49. The molecular formula is C13H11BrO2S. The molecule has 0 radical (unpaired) electrons. The number of ether oxygens (including phenoxy) is 1. The number of carbonyl (C=O) groups is 1. The Kier molecular flexibility index (Phi) is 3.97. The molecule has 0 spiro atoms. The number of hydrogen-bond acceptors (Lipinski definition) is 3. The van der Waals surface area contributed by atoms with Crippen molar-refractivity contribution in [3.63, 3.8) is 0 Å². The van der Waals surface area contributed by atoms with Crippen molar-refractivity contribution in [1.29, 1.82) is 0 Å². The molecule has 0 aliphatic heterocycles. The van der Waals surface area contributed by atoms with Gasteiger partial charge in [-0.1, -0.05) is 12.1 Å². The maximum Gasteiger partial charge on any atom is 0.195 e. The first kappa shape index (κ1) is 12.3. The lowest BCUT2D eigenvalue weighted by atomic mass is 10.1. The third kappa shape index (κ3) is 2.76. The van der Waals surface area contributed by atoms with Gasteiger partial charge < -0.3 is 4.74 Å². The fraction of sp³-hybridized carbons (Fsp3) is 0.154. The lowest BCUT2D eigenvalue weighted by Gasteiger charge is -2.05. The van der Waals surface area contributed by atoms with E-state index in [1.54, 1.807) is 12.1 Å². The average Bonchev–Trinajstić information content (AvgIpc) is 2.75. The zero-order chi connectivity index (χ0) is 12.3. The summed E-state index contributed by atoms with van der Waals surface area (Å²) in [6, 6.07) is 7.26. The highest BCUT2D eigenvalue weighted by molar-refractivity contribution is 9.10. The average molecular weight is 311 g/mol. The number of rotatable bonds is 4. The van der Waals surface area contributed by atoms with E-state index < -0.39 is 0 Å². The SMILES string of the molecule is CCOc1cccc(C(=O)c2cscc2Br)c1. The molecule has 0 N–H and O–H groups in total. The summed E-state index contributed by atoms with van der Waals surface area (Å²) in [5.74, 6) is 0.740. The molecular weight excluding hydrogens is 300 g/mol. The van der Waals surface area contributed by atoms with Crippen molar-refractivity contribution < 1.29 is 9.53 Å². The van der Waals surface area contributed by atoms with Crippen molar-refractivity contribution in [3.8, 4) is 5.75 Å².